The second kappa shape index (κ2) is 8.94. The first-order valence-electron chi connectivity index (χ1n) is 10.9. The second-order valence-corrected chi connectivity index (χ2v) is 7.91. The lowest BCUT2D eigenvalue weighted by molar-refractivity contribution is -0.896. The molecular weight excluding hydrogens is 392 g/mol. The molecule has 0 unspecified atom stereocenters. The lowest BCUT2D eigenvalue weighted by atomic mass is 9.98. The first-order valence-corrected chi connectivity index (χ1v) is 10.9. The summed E-state index contributed by atoms with van der Waals surface area (Å²) in [7, 11) is 1.61. The third-order valence-electron chi connectivity index (χ3n) is 6.21. The van der Waals surface area contributed by atoms with Crippen LogP contribution in [-0.2, 0) is 0 Å². The summed E-state index contributed by atoms with van der Waals surface area (Å²) in [6, 6.07) is 14.2. The largest absolute Gasteiger partial charge is 0.497 e. The number of carbonyl (C=O) groups is 1. The second-order valence-electron chi connectivity index (χ2n) is 7.91. The number of ether oxygens (including phenoxy) is 1. The van der Waals surface area contributed by atoms with Crippen LogP contribution in [0.4, 0.5) is 0 Å². The minimum atomic E-state index is -0.481. The zero-order valence-corrected chi connectivity index (χ0v) is 18.3. The molecule has 0 fully saturated rings. The Bertz CT molecular complexity index is 1150. The van der Waals surface area contributed by atoms with E-state index in [4.69, 9.17) is 9.15 Å². The van der Waals surface area contributed by atoms with Gasteiger partial charge in [0, 0.05) is 13.0 Å². The van der Waals surface area contributed by atoms with Crippen molar-refractivity contribution in [3.8, 4) is 5.75 Å². The highest BCUT2D eigenvalue weighted by molar-refractivity contribution is 5.99. The standard InChI is InChI=1S/C25H28N2O4/c1-4-26(5-2)14-9-15-27-22(17-10-8-11-18(16-17)30-3)21-23(28)19-12-6-7-13-20(19)31-24(21)25(27)29/h6-8,10-13,16,22H,4-5,9,14-15H2,1-3H3/p+1/t22-/m1/s1. The molecule has 1 aromatic heterocycles. The molecule has 0 spiro atoms. The summed E-state index contributed by atoms with van der Waals surface area (Å²) in [6.45, 7) is 7.97. The molecule has 6 heteroatoms. The van der Waals surface area contributed by atoms with Crippen molar-refractivity contribution in [3.05, 3.63) is 75.6 Å². The van der Waals surface area contributed by atoms with Crippen LogP contribution in [-0.4, -0.2) is 44.1 Å². The third-order valence-corrected chi connectivity index (χ3v) is 6.21. The van der Waals surface area contributed by atoms with Gasteiger partial charge in [0.2, 0.25) is 5.76 Å². The number of quaternary nitrogens is 1. The van der Waals surface area contributed by atoms with Gasteiger partial charge in [-0.25, -0.2) is 0 Å². The minimum Gasteiger partial charge on any atom is -0.497 e. The van der Waals surface area contributed by atoms with Crippen LogP contribution in [0.25, 0.3) is 11.0 Å². The summed E-state index contributed by atoms with van der Waals surface area (Å²) in [6.07, 6.45) is 0.852. The summed E-state index contributed by atoms with van der Waals surface area (Å²) in [5.74, 6) is 0.628. The molecule has 2 aromatic carbocycles. The molecule has 0 saturated carbocycles. The molecule has 31 heavy (non-hydrogen) atoms. The SMILES string of the molecule is CC[NH+](CC)CCCN1C(=O)c2oc3ccccc3c(=O)c2[C@H]1c1cccc(OC)c1. The van der Waals surface area contributed by atoms with E-state index in [9.17, 15) is 9.59 Å². The van der Waals surface area contributed by atoms with Crippen molar-refractivity contribution in [1.29, 1.82) is 0 Å². The van der Waals surface area contributed by atoms with E-state index in [0.29, 0.717) is 28.8 Å². The van der Waals surface area contributed by atoms with Gasteiger partial charge in [-0.1, -0.05) is 24.3 Å². The topological polar surface area (TPSA) is 64.2 Å². The average Bonchev–Trinajstić information content (AvgIpc) is 3.09. The van der Waals surface area contributed by atoms with Crippen molar-refractivity contribution < 1.29 is 18.8 Å². The van der Waals surface area contributed by atoms with Crippen molar-refractivity contribution >= 4 is 16.9 Å². The summed E-state index contributed by atoms with van der Waals surface area (Å²) in [5, 5.41) is 0.497. The molecule has 3 aromatic rings. The van der Waals surface area contributed by atoms with E-state index in [2.05, 4.69) is 13.8 Å². The first kappa shape index (κ1) is 21.1. The number of methoxy groups -OCH3 is 1. The molecule has 1 atom stereocenters. The van der Waals surface area contributed by atoms with Crippen molar-refractivity contribution in [3.63, 3.8) is 0 Å². The van der Waals surface area contributed by atoms with Crippen molar-refractivity contribution in [1.82, 2.24) is 4.90 Å². The van der Waals surface area contributed by atoms with Gasteiger partial charge in [-0.3, -0.25) is 9.59 Å². The van der Waals surface area contributed by atoms with Crippen LogP contribution in [0, 0.1) is 0 Å². The summed E-state index contributed by atoms with van der Waals surface area (Å²) >= 11 is 0. The van der Waals surface area contributed by atoms with E-state index in [1.54, 1.807) is 30.2 Å². The average molecular weight is 422 g/mol. The Morgan fingerprint density at radius 1 is 1.06 bits per heavy atom. The molecule has 0 aliphatic carbocycles. The van der Waals surface area contributed by atoms with Gasteiger partial charge in [0.25, 0.3) is 5.91 Å². The van der Waals surface area contributed by atoms with Gasteiger partial charge >= 0.3 is 0 Å². The number of fused-ring (bicyclic) bond motifs is 2. The normalized spacial score (nSPS) is 15.7. The minimum absolute atomic E-state index is 0.144. The molecule has 1 aliphatic rings. The molecule has 1 N–H and O–H groups in total. The van der Waals surface area contributed by atoms with Crippen LogP contribution < -0.4 is 15.1 Å². The van der Waals surface area contributed by atoms with Gasteiger partial charge in [-0.05, 0) is 43.7 Å². The van der Waals surface area contributed by atoms with Gasteiger partial charge in [-0.15, -0.1) is 0 Å². The fourth-order valence-electron chi connectivity index (χ4n) is 4.46. The highest BCUT2D eigenvalue weighted by Crippen LogP contribution is 2.38. The monoisotopic (exact) mass is 421 g/mol. The lowest BCUT2D eigenvalue weighted by Crippen LogP contribution is -3.11. The summed E-state index contributed by atoms with van der Waals surface area (Å²) in [4.78, 5) is 30.1. The molecule has 0 radical (unpaired) electrons. The maximum Gasteiger partial charge on any atom is 0.290 e. The number of hydrogen-bond donors (Lipinski definition) is 1. The third kappa shape index (κ3) is 3.83. The van der Waals surface area contributed by atoms with E-state index in [1.807, 2.05) is 30.3 Å². The van der Waals surface area contributed by atoms with Crippen molar-refractivity contribution in [2.75, 3.05) is 33.3 Å². The fraction of sp³-hybridized carbons (Fsp3) is 0.360. The highest BCUT2D eigenvalue weighted by atomic mass is 16.5. The molecule has 2 heterocycles. The quantitative estimate of drug-likeness (QED) is 0.607. The van der Waals surface area contributed by atoms with Crippen LogP contribution in [0.1, 0.15) is 48.0 Å². The van der Waals surface area contributed by atoms with Gasteiger partial charge in [0.05, 0.1) is 43.7 Å². The molecule has 0 saturated heterocycles. The molecule has 1 amide bonds. The van der Waals surface area contributed by atoms with E-state index in [1.165, 1.54) is 4.90 Å². The molecule has 6 nitrogen and oxygen atoms in total. The Balaban J connectivity index is 1.80. The number of amides is 1. The van der Waals surface area contributed by atoms with Crippen LogP contribution in [0.2, 0.25) is 0 Å². The predicted molar refractivity (Wildman–Crippen MR) is 120 cm³/mol. The molecule has 0 bridgehead atoms. The Morgan fingerprint density at radius 2 is 1.84 bits per heavy atom. The van der Waals surface area contributed by atoms with E-state index >= 15 is 0 Å². The van der Waals surface area contributed by atoms with Gasteiger partial charge in [0.15, 0.2) is 5.43 Å². The molecule has 1 aliphatic heterocycles. The number of rotatable bonds is 8. The molecule has 162 valence electrons. The van der Waals surface area contributed by atoms with E-state index < -0.39 is 6.04 Å². The smallest absolute Gasteiger partial charge is 0.290 e. The van der Waals surface area contributed by atoms with Gasteiger partial charge in [0.1, 0.15) is 11.3 Å². The van der Waals surface area contributed by atoms with Crippen molar-refractivity contribution in [2.45, 2.75) is 26.3 Å². The number of carbonyl (C=O) groups excluding carboxylic acids is 1. The fourth-order valence-corrected chi connectivity index (χ4v) is 4.46. The maximum absolute atomic E-state index is 13.5. The number of nitrogens with one attached hydrogen (secondary N) is 1. The highest BCUT2D eigenvalue weighted by Gasteiger charge is 2.42. The van der Waals surface area contributed by atoms with Crippen LogP contribution in [0.5, 0.6) is 5.75 Å². The maximum atomic E-state index is 13.5. The Morgan fingerprint density at radius 3 is 2.58 bits per heavy atom. The predicted octanol–water partition coefficient (Wildman–Crippen LogP) is 2.66. The van der Waals surface area contributed by atoms with E-state index in [-0.39, 0.29) is 17.1 Å². The Kier molecular flexibility index (Phi) is 6.09. The zero-order valence-electron chi connectivity index (χ0n) is 18.3. The number of benzene rings is 2. The molecule has 4 rings (SSSR count). The first-order chi connectivity index (χ1) is 15.1. The number of nitrogens with zero attached hydrogens (tertiary/aromatic N) is 1. The summed E-state index contributed by atoms with van der Waals surface area (Å²) < 4.78 is 11.4. The summed E-state index contributed by atoms with van der Waals surface area (Å²) in [5.41, 5.74) is 1.57. The van der Waals surface area contributed by atoms with Gasteiger partial charge < -0.3 is 19.0 Å². The van der Waals surface area contributed by atoms with Crippen molar-refractivity contribution in [2.24, 2.45) is 0 Å². The number of para-hydroxylation sites is 1. The molecular formula is C25H29N2O4+. The Labute approximate surface area is 182 Å². The van der Waals surface area contributed by atoms with Gasteiger partial charge in [-0.2, -0.15) is 0 Å². The van der Waals surface area contributed by atoms with Crippen LogP contribution in [0.3, 0.4) is 0 Å². The van der Waals surface area contributed by atoms with Crippen LogP contribution >= 0.6 is 0 Å². The lowest BCUT2D eigenvalue weighted by Gasteiger charge is -2.26. The van der Waals surface area contributed by atoms with E-state index in [0.717, 1.165) is 31.6 Å². The zero-order chi connectivity index (χ0) is 22.0. The number of hydrogen-bond acceptors (Lipinski definition) is 4. The van der Waals surface area contributed by atoms with Crippen LogP contribution in [0.15, 0.2) is 57.7 Å². The Hall–Kier alpha value is -3.12.